The summed E-state index contributed by atoms with van der Waals surface area (Å²) in [6.45, 7) is 4.14. The average Bonchev–Trinajstić information content (AvgIpc) is 3.14. The van der Waals surface area contributed by atoms with Crippen LogP contribution in [0.3, 0.4) is 0 Å². The van der Waals surface area contributed by atoms with E-state index in [1.807, 2.05) is 24.3 Å². The van der Waals surface area contributed by atoms with Crippen molar-refractivity contribution in [2.75, 3.05) is 0 Å². The molecule has 4 rings (SSSR count). The van der Waals surface area contributed by atoms with E-state index in [2.05, 4.69) is 29.2 Å². The summed E-state index contributed by atoms with van der Waals surface area (Å²) in [4.78, 5) is 30.0. The number of hydrogen-bond donors (Lipinski definition) is 1. The molecular formula is C22H22N4O3. The van der Waals surface area contributed by atoms with Crippen molar-refractivity contribution < 1.29 is 9.21 Å². The van der Waals surface area contributed by atoms with E-state index in [4.69, 9.17) is 4.42 Å². The smallest absolute Gasteiger partial charge is 0.274 e. The van der Waals surface area contributed by atoms with Gasteiger partial charge in [-0.15, -0.1) is 0 Å². The van der Waals surface area contributed by atoms with E-state index in [0.29, 0.717) is 34.6 Å². The quantitative estimate of drug-likeness (QED) is 0.562. The molecule has 2 aromatic carbocycles. The number of hydrogen-bond acceptors (Lipinski definition) is 5. The normalized spacial score (nSPS) is 12.6. The Bertz CT molecular complexity index is 1220. The molecule has 0 fully saturated rings. The van der Waals surface area contributed by atoms with Gasteiger partial charge in [0.2, 0.25) is 5.89 Å². The summed E-state index contributed by atoms with van der Waals surface area (Å²) in [5, 5.41) is 8.20. The molecule has 7 heteroatoms. The minimum absolute atomic E-state index is 0.201. The molecule has 1 atom stereocenters. The van der Waals surface area contributed by atoms with Crippen molar-refractivity contribution in [1.29, 1.82) is 0 Å². The van der Waals surface area contributed by atoms with E-state index < -0.39 is 6.04 Å². The summed E-state index contributed by atoms with van der Waals surface area (Å²) in [5.41, 5.74) is 1.38. The Morgan fingerprint density at radius 1 is 1.10 bits per heavy atom. The van der Waals surface area contributed by atoms with E-state index in [9.17, 15) is 9.59 Å². The van der Waals surface area contributed by atoms with Crippen LogP contribution in [0.2, 0.25) is 0 Å². The molecule has 7 nitrogen and oxygen atoms in total. The Labute approximate surface area is 167 Å². The van der Waals surface area contributed by atoms with E-state index >= 15 is 0 Å². The highest BCUT2D eigenvalue weighted by molar-refractivity contribution is 6.04. The average molecular weight is 390 g/mol. The van der Waals surface area contributed by atoms with Gasteiger partial charge >= 0.3 is 0 Å². The molecule has 29 heavy (non-hydrogen) atoms. The van der Waals surface area contributed by atoms with Gasteiger partial charge in [-0.3, -0.25) is 9.59 Å². The van der Waals surface area contributed by atoms with Crippen LogP contribution in [0, 0.1) is 5.92 Å². The summed E-state index contributed by atoms with van der Waals surface area (Å²) in [7, 11) is 1.54. The lowest BCUT2D eigenvalue weighted by Gasteiger charge is -2.18. The van der Waals surface area contributed by atoms with Crippen LogP contribution in [0.4, 0.5) is 0 Å². The van der Waals surface area contributed by atoms with Gasteiger partial charge in [-0.05, 0) is 30.5 Å². The highest BCUT2D eigenvalue weighted by atomic mass is 16.3. The fourth-order valence-corrected chi connectivity index (χ4v) is 3.43. The van der Waals surface area contributed by atoms with Crippen molar-refractivity contribution in [2.24, 2.45) is 13.0 Å². The zero-order valence-corrected chi connectivity index (χ0v) is 16.5. The molecular weight excluding hydrogens is 368 g/mol. The van der Waals surface area contributed by atoms with Gasteiger partial charge in [0.1, 0.15) is 11.6 Å². The first kappa shape index (κ1) is 18.9. The number of amides is 1. The predicted molar refractivity (Wildman–Crippen MR) is 111 cm³/mol. The van der Waals surface area contributed by atoms with Gasteiger partial charge < -0.3 is 9.73 Å². The van der Waals surface area contributed by atoms with Crippen molar-refractivity contribution in [2.45, 2.75) is 26.3 Å². The maximum Gasteiger partial charge on any atom is 0.274 e. The van der Waals surface area contributed by atoms with E-state index in [1.54, 1.807) is 24.3 Å². The van der Waals surface area contributed by atoms with Gasteiger partial charge in [0, 0.05) is 12.4 Å². The Balaban J connectivity index is 1.73. The number of para-hydroxylation sites is 2. The van der Waals surface area contributed by atoms with Crippen molar-refractivity contribution in [3.05, 3.63) is 70.5 Å². The monoisotopic (exact) mass is 390 g/mol. The third-order valence-corrected chi connectivity index (χ3v) is 4.79. The fraction of sp³-hybridized carbons (Fsp3) is 0.273. The zero-order valence-electron chi connectivity index (χ0n) is 16.5. The lowest BCUT2D eigenvalue weighted by Crippen LogP contribution is -2.33. The number of aryl methyl sites for hydroxylation is 1. The molecule has 4 aromatic rings. The molecule has 0 saturated heterocycles. The minimum Gasteiger partial charge on any atom is -0.438 e. The van der Waals surface area contributed by atoms with Gasteiger partial charge in [-0.2, -0.15) is 5.10 Å². The van der Waals surface area contributed by atoms with E-state index in [0.717, 1.165) is 5.52 Å². The number of carbonyl (C=O) groups excluding carboxylic acids is 1. The standard InChI is InChI=1S/C22H22N4O3/c1-13(2)12-17(21-24-16-10-6-7-11-18(16)29-21)23-20(27)19-14-8-4-5-9-15(14)22(28)26(3)25-19/h4-11,13,17H,12H2,1-3H3,(H,23,27)/t17-/m1/s1. The number of nitrogens with one attached hydrogen (secondary N) is 1. The Morgan fingerprint density at radius 3 is 2.52 bits per heavy atom. The SMILES string of the molecule is CC(C)C[C@@H](NC(=O)c1nn(C)c(=O)c2ccccc12)c1nc2ccccc2o1. The molecule has 0 aliphatic carbocycles. The largest absolute Gasteiger partial charge is 0.438 e. The second-order valence-corrected chi connectivity index (χ2v) is 7.50. The van der Waals surface area contributed by atoms with Gasteiger partial charge in [-0.25, -0.2) is 9.67 Å². The van der Waals surface area contributed by atoms with Crippen LogP contribution in [-0.2, 0) is 7.05 Å². The van der Waals surface area contributed by atoms with Gasteiger partial charge in [0.15, 0.2) is 11.3 Å². The summed E-state index contributed by atoms with van der Waals surface area (Å²) >= 11 is 0. The molecule has 1 N–H and O–H groups in total. The third kappa shape index (κ3) is 3.63. The van der Waals surface area contributed by atoms with Crippen LogP contribution in [-0.4, -0.2) is 20.7 Å². The summed E-state index contributed by atoms with van der Waals surface area (Å²) < 4.78 is 7.09. The maximum absolute atomic E-state index is 13.1. The van der Waals surface area contributed by atoms with Gasteiger partial charge in [-0.1, -0.05) is 44.2 Å². The molecule has 0 bridgehead atoms. The molecule has 0 saturated carbocycles. The lowest BCUT2D eigenvalue weighted by atomic mass is 10.0. The number of benzene rings is 2. The van der Waals surface area contributed by atoms with E-state index in [-0.39, 0.29) is 17.2 Å². The first-order valence-electron chi connectivity index (χ1n) is 9.56. The van der Waals surface area contributed by atoms with Crippen molar-refractivity contribution >= 4 is 27.8 Å². The second-order valence-electron chi connectivity index (χ2n) is 7.50. The first-order valence-corrected chi connectivity index (χ1v) is 9.56. The highest BCUT2D eigenvalue weighted by Crippen LogP contribution is 2.25. The third-order valence-electron chi connectivity index (χ3n) is 4.79. The summed E-state index contributed by atoms with van der Waals surface area (Å²) in [5.74, 6) is 0.396. The molecule has 2 aromatic heterocycles. The van der Waals surface area contributed by atoms with Crippen LogP contribution >= 0.6 is 0 Å². The summed E-state index contributed by atoms with van der Waals surface area (Å²) in [6, 6.07) is 14.1. The second kappa shape index (κ2) is 7.50. The van der Waals surface area contributed by atoms with Crippen molar-refractivity contribution in [3.63, 3.8) is 0 Å². The number of rotatable bonds is 5. The van der Waals surface area contributed by atoms with E-state index in [1.165, 1.54) is 11.7 Å². The molecule has 148 valence electrons. The minimum atomic E-state index is -0.410. The first-order chi connectivity index (χ1) is 13.9. The molecule has 1 amide bonds. The topological polar surface area (TPSA) is 90.0 Å². The number of carbonyl (C=O) groups is 1. The van der Waals surface area contributed by atoms with Crippen LogP contribution in [0.15, 0.2) is 57.7 Å². The molecule has 2 heterocycles. The van der Waals surface area contributed by atoms with Crippen molar-refractivity contribution in [3.8, 4) is 0 Å². The lowest BCUT2D eigenvalue weighted by molar-refractivity contribution is 0.0919. The predicted octanol–water partition coefficient (Wildman–Crippen LogP) is 3.59. The molecule has 0 aliphatic rings. The van der Waals surface area contributed by atoms with Crippen molar-refractivity contribution in [1.82, 2.24) is 20.1 Å². The van der Waals surface area contributed by atoms with Gasteiger partial charge in [0.25, 0.3) is 11.5 Å². The number of oxazole rings is 1. The maximum atomic E-state index is 13.1. The number of aromatic nitrogens is 3. The Morgan fingerprint density at radius 2 is 1.79 bits per heavy atom. The van der Waals surface area contributed by atoms with Crippen LogP contribution in [0.5, 0.6) is 0 Å². The Hall–Kier alpha value is -3.48. The molecule has 0 radical (unpaired) electrons. The van der Waals surface area contributed by atoms with Crippen LogP contribution < -0.4 is 10.9 Å². The molecule has 0 unspecified atom stereocenters. The van der Waals surface area contributed by atoms with Gasteiger partial charge in [0.05, 0.1) is 5.39 Å². The highest BCUT2D eigenvalue weighted by Gasteiger charge is 2.24. The number of fused-ring (bicyclic) bond motifs is 2. The fourth-order valence-electron chi connectivity index (χ4n) is 3.43. The van der Waals surface area contributed by atoms with Crippen LogP contribution in [0.1, 0.15) is 42.7 Å². The summed E-state index contributed by atoms with van der Waals surface area (Å²) in [6.07, 6.45) is 0.655. The number of nitrogens with zero attached hydrogens (tertiary/aromatic N) is 3. The Kier molecular flexibility index (Phi) is 4.88. The zero-order chi connectivity index (χ0) is 20.5. The molecule has 0 spiro atoms. The van der Waals surface area contributed by atoms with Crippen LogP contribution in [0.25, 0.3) is 21.9 Å². The molecule has 0 aliphatic heterocycles.